The molecule has 0 radical (unpaired) electrons. The Kier molecular flexibility index (Phi) is 5.05. The van der Waals surface area contributed by atoms with Crippen LogP contribution in [0.25, 0.3) is 0 Å². The summed E-state index contributed by atoms with van der Waals surface area (Å²) in [7, 11) is 0. The van der Waals surface area contributed by atoms with E-state index in [2.05, 4.69) is 53.1 Å². The summed E-state index contributed by atoms with van der Waals surface area (Å²) in [6.45, 7) is 4.23. The fourth-order valence-corrected chi connectivity index (χ4v) is 6.49. The highest BCUT2D eigenvalue weighted by molar-refractivity contribution is 14.1. The van der Waals surface area contributed by atoms with Crippen molar-refractivity contribution in [2.24, 2.45) is 0 Å². The third-order valence-corrected chi connectivity index (χ3v) is 6.83. The van der Waals surface area contributed by atoms with E-state index in [1.807, 2.05) is 11.8 Å². The second-order valence-corrected chi connectivity index (χ2v) is 8.05. The van der Waals surface area contributed by atoms with Crippen molar-refractivity contribution < 1.29 is 28.5 Å². The Morgan fingerprint density at radius 1 is 1.42 bits per heavy atom. The molecule has 1 fully saturated rings. The first-order valence-electron chi connectivity index (χ1n) is 6.40. The van der Waals surface area contributed by atoms with Crippen LogP contribution < -0.4 is 28.5 Å². The van der Waals surface area contributed by atoms with E-state index in [0.29, 0.717) is 15.2 Å². The highest BCUT2D eigenvalue weighted by atomic mass is 127. The van der Waals surface area contributed by atoms with E-state index in [9.17, 15) is 5.26 Å². The van der Waals surface area contributed by atoms with E-state index in [-0.39, 0.29) is 24.0 Å². The Labute approximate surface area is 149 Å². The molecule has 2 aliphatic rings. The summed E-state index contributed by atoms with van der Waals surface area (Å²) in [5.74, 6) is 0. The molecule has 0 unspecified atom stereocenters. The maximum atomic E-state index is 9.39. The van der Waals surface area contributed by atoms with Crippen molar-refractivity contribution in [2.75, 3.05) is 0 Å². The van der Waals surface area contributed by atoms with Gasteiger partial charge in [0.1, 0.15) is 11.6 Å². The quantitative estimate of drug-likeness (QED) is 0.296. The summed E-state index contributed by atoms with van der Waals surface area (Å²) in [5.41, 5.74) is 3.33. The Morgan fingerprint density at radius 2 is 2.16 bits per heavy atom. The summed E-state index contributed by atoms with van der Waals surface area (Å²) in [5, 5.41) is 11.3. The largest absolute Gasteiger partial charge is 1.00 e. The monoisotopic (exact) mass is 498 g/mol. The van der Waals surface area contributed by atoms with E-state index < -0.39 is 0 Å². The summed E-state index contributed by atoms with van der Waals surface area (Å²) in [6, 6.07) is 5.16. The highest BCUT2D eigenvalue weighted by Crippen LogP contribution is 2.46. The maximum absolute atomic E-state index is 9.39. The van der Waals surface area contributed by atoms with Crippen LogP contribution in [-0.2, 0) is 0 Å². The second-order valence-electron chi connectivity index (χ2n) is 5.22. The summed E-state index contributed by atoms with van der Waals surface area (Å²) >= 11 is 4.54. The Hall–Kier alpha value is 0.450. The van der Waals surface area contributed by atoms with Gasteiger partial charge in [0.2, 0.25) is 0 Å². The molecule has 2 heterocycles. The number of thioether (sulfide) groups is 1. The standard InChI is InChI=1S/C14H16IN2S.HI/c1-8-6-9(2)17-13-11(15)4-3-5-12(13)18-14(17)10(8)7-16;/h6,11-13H,3-5H2,1-2H3;1H/q+1;/p-1/t11-,12-,13+;/m1./s1. The topological polar surface area (TPSA) is 27.7 Å². The third-order valence-electron chi connectivity index (χ3n) is 4.03. The first kappa shape index (κ1) is 15.8. The Morgan fingerprint density at radius 3 is 2.84 bits per heavy atom. The highest BCUT2D eigenvalue weighted by Gasteiger charge is 2.49. The number of fused-ring (bicyclic) bond motifs is 3. The molecular formula is C14H16I2N2S. The van der Waals surface area contributed by atoms with Gasteiger partial charge in [-0.05, 0) is 37.1 Å². The smallest absolute Gasteiger partial charge is 0.259 e. The van der Waals surface area contributed by atoms with Crippen LogP contribution in [0.2, 0.25) is 0 Å². The molecule has 0 N–H and O–H groups in total. The maximum Gasteiger partial charge on any atom is 0.259 e. The van der Waals surface area contributed by atoms with E-state index in [1.165, 1.54) is 30.0 Å². The average Bonchev–Trinajstić information content (AvgIpc) is 2.70. The number of aromatic nitrogens is 1. The zero-order chi connectivity index (χ0) is 12.9. The van der Waals surface area contributed by atoms with Crippen LogP contribution in [0.1, 0.15) is 42.1 Å². The van der Waals surface area contributed by atoms with Gasteiger partial charge in [-0.25, -0.2) is 0 Å². The molecule has 19 heavy (non-hydrogen) atoms. The molecule has 1 aromatic rings. The molecule has 1 aromatic heterocycles. The summed E-state index contributed by atoms with van der Waals surface area (Å²) in [6.07, 6.45) is 3.93. The van der Waals surface area contributed by atoms with Crippen molar-refractivity contribution >= 4 is 34.4 Å². The van der Waals surface area contributed by atoms with Crippen LogP contribution >= 0.6 is 34.4 Å². The van der Waals surface area contributed by atoms with Gasteiger partial charge in [0.15, 0.2) is 11.7 Å². The minimum atomic E-state index is 0. The SMILES string of the molecule is Cc1cc(C)[n+]2c(c1C#N)S[C@@H]1CCC[C@@H](I)[C@@H]12.[I-]. The molecular weight excluding hydrogens is 482 g/mol. The Bertz CT molecular complexity index is 553. The van der Waals surface area contributed by atoms with Gasteiger partial charge in [-0.2, -0.15) is 9.83 Å². The first-order chi connectivity index (χ1) is 8.63. The average molecular weight is 498 g/mol. The molecule has 1 aliphatic carbocycles. The van der Waals surface area contributed by atoms with Crippen molar-refractivity contribution in [1.29, 1.82) is 5.26 Å². The van der Waals surface area contributed by atoms with Gasteiger partial charge in [0, 0.05) is 13.0 Å². The fraction of sp³-hybridized carbons (Fsp3) is 0.571. The lowest BCUT2D eigenvalue weighted by molar-refractivity contribution is -0.755. The van der Waals surface area contributed by atoms with Gasteiger partial charge in [0.05, 0.1) is 9.17 Å². The number of pyridine rings is 1. The molecule has 0 bridgehead atoms. The summed E-state index contributed by atoms with van der Waals surface area (Å²) in [4.78, 5) is 0. The van der Waals surface area contributed by atoms with Gasteiger partial charge in [-0.15, -0.1) is 0 Å². The van der Waals surface area contributed by atoms with Gasteiger partial charge < -0.3 is 24.0 Å². The minimum Gasteiger partial charge on any atom is -1.00 e. The van der Waals surface area contributed by atoms with E-state index in [0.717, 1.165) is 11.1 Å². The zero-order valence-corrected chi connectivity index (χ0v) is 16.1. The third kappa shape index (κ3) is 2.53. The minimum absolute atomic E-state index is 0. The number of aryl methyl sites for hydroxylation is 2. The molecule has 1 saturated carbocycles. The van der Waals surface area contributed by atoms with Gasteiger partial charge >= 0.3 is 0 Å². The van der Waals surface area contributed by atoms with Gasteiger partial charge in [-0.1, -0.05) is 29.0 Å². The molecule has 1 aliphatic heterocycles. The van der Waals surface area contributed by atoms with Crippen molar-refractivity contribution in [3.8, 4) is 6.07 Å². The molecule has 0 aromatic carbocycles. The predicted octanol–water partition coefficient (Wildman–Crippen LogP) is 0.470. The van der Waals surface area contributed by atoms with Crippen molar-refractivity contribution in [3.05, 3.63) is 22.9 Å². The Balaban J connectivity index is 0.00000133. The lowest BCUT2D eigenvalue weighted by atomic mass is 9.94. The van der Waals surface area contributed by atoms with Crippen LogP contribution in [-0.4, -0.2) is 9.17 Å². The van der Waals surface area contributed by atoms with Gasteiger partial charge in [-0.3, -0.25) is 0 Å². The van der Waals surface area contributed by atoms with Crippen LogP contribution in [0.4, 0.5) is 0 Å². The molecule has 0 saturated heterocycles. The van der Waals surface area contributed by atoms with E-state index in [4.69, 9.17) is 0 Å². The number of hydrogen-bond acceptors (Lipinski definition) is 2. The molecule has 3 atom stereocenters. The number of hydrogen-bond donors (Lipinski definition) is 0. The lowest BCUT2D eigenvalue weighted by Gasteiger charge is -2.25. The van der Waals surface area contributed by atoms with Crippen LogP contribution in [0.5, 0.6) is 0 Å². The molecule has 0 amide bonds. The summed E-state index contributed by atoms with van der Waals surface area (Å²) < 4.78 is 3.14. The van der Waals surface area contributed by atoms with Gasteiger partial charge in [0.25, 0.3) is 5.03 Å². The lowest BCUT2D eigenvalue weighted by Crippen LogP contribution is -3.00. The van der Waals surface area contributed by atoms with Crippen molar-refractivity contribution in [1.82, 2.24) is 0 Å². The first-order valence-corrected chi connectivity index (χ1v) is 8.52. The zero-order valence-electron chi connectivity index (χ0n) is 11.0. The number of rotatable bonds is 0. The van der Waals surface area contributed by atoms with Crippen LogP contribution in [0.15, 0.2) is 11.1 Å². The predicted molar refractivity (Wildman–Crippen MR) is 81.2 cm³/mol. The molecule has 5 heteroatoms. The number of alkyl halides is 1. The van der Waals surface area contributed by atoms with Crippen molar-refractivity contribution in [2.45, 2.75) is 53.4 Å². The van der Waals surface area contributed by atoms with Crippen LogP contribution in [0.3, 0.4) is 0 Å². The molecule has 0 spiro atoms. The second kappa shape index (κ2) is 6.06. The number of nitriles is 1. The molecule has 2 nitrogen and oxygen atoms in total. The number of halogens is 2. The number of nitrogens with zero attached hydrogens (tertiary/aromatic N) is 2. The van der Waals surface area contributed by atoms with E-state index in [1.54, 1.807) is 0 Å². The molecule has 3 rings (SSSR count). The van der Waals surface area contributed by atoms with Crippen LogP contribution in [0, 0.1) is 25.2 Å². The normalized spacial score (nSPS) is 28.0. The fourth-order valence-electron chi connectivity index (χ4n) is 3.22. The van der Waals surface area contributed by atoms with E-state index >= 15 is 0 Å². The van der Waals surface area contributed by atoms with Crippen molar-refractivity contribution in [3.63, 3.8) is 0 Å². The molecule has 102 valence electrons.